The first kappa shape index (κ1) is 21.3. The van der Waals surface area contributed by atoms with E-state index in [9.17, 15) is 14.4 Å². The predicted molar refractivity (Wildman–Crippen MR) is 107 cm³/mol. The first-order valence-electron chi connectivity index (χ1n) is 9.35. The van der Waals surface area contributed by atoms with Crippen molar-refractivity contribution in [3.8, 4) is 0 Å². The fourth-order valence-electron chi connectivity index (χ4n) is 3.26. The Balaban J connectivity index is 2.16. The van der Waals surface area contributed by atoms with Crippen molar-refractivity contribution < 1.29 is 19.5 Å². The van der Waals surface area contributed by atoms with Crippen LogP contribution in [0.25, 0.3) is 10.9 Å². The van der Waals surface area contributed by atoms with E-state index in [0.29, 0.717) is 12.8 Å². The minimum atomic E-state index is -1.18. The summed E-state index contributed by atoms with van der Waals surface area (Å²) in [6, 6.07) is 7.00. The third-order valence-corrected chi connectivity index (χ3v) is 4.60. The van der Waals surface area contributed by atoms with E-state index >= 15 is 0 Å². The number of aromatic nitrogens is 1. The Kier molecular flexibility index (Phi) is 7.43. The molecule has 0 fully saturated rings. The van der Waals surface area contributed by atoms with Crippen LogP contribution in [0.1, 0.15) is 25.8 Å². The van der Waals surface area contributed by atoms with Gasteiger partial charge >= 0.3 is 6.09 Å². The average molecular weight is 388 g/mol. The number of amides is 3. The summed E-state index contributed by atoms with van der Waals surface area (Å²) in [6.07, 6.45) is 1.50. The number of fused-ring (bicyclic) bond motifs is 1. The molecular weight excluding hydrogens is 360 g/mol. The van der Waals surface area contributed by atoms with E-state index in [1.807, 2.05) is 44.3 Å². The molecule has 2 rings (SSSR count). The molecule has 8 heteroatoms. The lowest BCUT2D eigenvalue weighted by atomic mass is 9.95. The number of nitrogens with one attached hydrogen (secondary N) is 4. The fraction of sp³-hybridized carbons (Fsp3) is 0.450. The van der Waals surface area contributed by atoms with E-state index in [2.05, 4.69) is 20.9 Å². The molecule has 0 saturated carbocycles. The summed E-state index contributed by atoms with van der Waals surface area (Å²) in [5, 5.41) is 17.5. The summed E-state index contributed by atoms with van der Waals surface area (Å²) >= 11 is 0. The summed E-state index contributed by atoms with van der Waals surface area (Å²) in [7, 11) is 1.52. The predicted octanol–water partition coefficient (Wildman–Crippen LogP) is 1.87. The summed E-state index contributed by atoms with van der Waals surface area (Å²) in [6.45, 7) is 3.93. The van der Waals surface area contributed by atoms with Crippen LogP contribution in [-0.2, 0) is 16.0 Å². The molecule has 3 amide bonds. The molecule has 0 aliphatic carbocycles. The van der Waals surface area contributed by atoms with Gasteiger partial charge in [-0.25, -0.2) is 4.79 Å². The minimum Gasteiger partial charge on any atom is -0.465 e. The topological polar surface area (TPSA) is 123 Å². The van der Waals surface area contributed by atoms with Gasteiger partial charge in [0.1, 0.15) is 6.04 Å². The molecule has 1 unspecified atom stereocenters. The Morgan fingerprint density at radius 2 is 1.86 bits per heavy atom. The lowest BCUT2D eigenvalue weighted by Crippen LogP contribution is -2.50. The van der Waals surface area contributed by atoms with Gasteiger partial charge in [-0.3, -0.25) is 9.59 Å². The molecular formula is C20H28N4O4. The number of rotatable bonds is 9. The molecule has 2 atom stereocenters. The maximum atomic E-state index is 12.8. The molecule has 0 bridgehead atoms. The van der Waals surface area contributed by atoms with Gasteiger partial charge in [-0.2, -0.15) is 0 Å². The van der Waals surface area contributed by atoms with Crippen LogP contribution < -0.4 is 16.0 Å². The van der Waals surface area contributed by atoms with Gasteiger partial charge in [-0.1, -0.05) is 32.0 Å². The molecule has 0 radical (unpaired) electrons. The molecule has 1 heterocycles. The molecule has 0 spiro atoms. The molecule has 2 aromatic rings. The zero-order valence-electron chi connectivity index (χ0n) is 16.4. The number of H-pyrrole nitrogens is 1. The van der Waals surface area contributed by atoms with Crippen molar-refractivity contribution in [2.45, 2.75) is 32.7 Å². The quantitative estimate of drug-likeness (QED) is 0.450. The second kappa shape index (κ2) is 9.77. The number of hydrogen-bond donors (Lipinski definition) is 5. The number of carbonyl (C=O) groups is 3. The van der Waals surface area contributed by atoms with Crippen LogP contribution in [-0.4, -0.2) is 47.6 Å². The third kappa shape index (κ3) is 5.73. The number of benzene rings is 1. The second-order valence-electron chi connectivity index (χ2n) is 7.25. The maximum absolute atomic E-state index is 12.8. The molecule has 1 aromatic heterocycles. The first-order chi connectivity index (χ1) is 13.3. The molecule has 0 saturated heterocycles. The van der Waals surface area contributed by atoms with Crippen LogP contribution in [0.2, 0.25) is 0 Å². The lowest BCUT2D eigenvalue weighted by Gasteiger charge is -2.23. The smallest absolute Gasteiger partial charge is 0.404 e. The maximum Gasteiger partial charge on any atom is 0.404 e. The van der Waals surface area contributed by atoms with E-state index in [-0.39, 0.29) is 24.3 Å². The highest BCUT2D eigenvalue weighted by Gasteiger charge is 2.27. The SMILES string of the molecule is CNC(=O)[C@H](Cc1c[nH]c2ccccc12)NC(=O)C(CNC(=O)O)CC(C)C. The van der Waals surface area contributed by atoms with Gasteiger partial charge in [0.15, 0.2) is 0 Å². The van der Waals surface area contributed by atoms with Crippen LogP contribution in [0.4, 0.5) is 4.79 Å². The zero-order valence-corrected chi connectivity index (χ0v) is 16.4. The van der Waals surface area contributed by atoms with Gasteiger partial charge in [0, 0.05) is 37.1 Å². The lowest BCUT2D eigenvalue weighted by molar-refractivity contribution is -0.131. The van der Waals surface area contributed by atoms with E-state index < -0.39 is 18.1 Å². The van der Waals surface area contributed by atoms with Crippen molar-refractivity contribution in [3.63, 3.8) is 0 Å². The van der Waals surface area contributed by atoms with Gasteiger partial charge in [0.2, 0.25) is 11.8 Å². The number of para-hydroxylation sites is 1. The highest BCUT2D eigenvalue weighted by Crippen LogP contribution is 2.19. The molecule has 152 valence electrons. The van der Waals surface area contributed by atoms with Gasteiger partial charge in [0.05, 0.1) is 5.92 Å². The Bertz CT molecular complexity index is 830. The summed E-state index contributed by atoms with van der Waals surface area (Å²) in [4.78, 5) is 39.1. The summed E-state index contributed by atoms with van der Waals surface area (Å²) in [5.41, 5.74) is 1.89. The van der Waals surface area contributed by atoms with E-state index in [1.165, 1.54) is 7.05 Å². The van der Waals surface area contributed by atoms with Crippen molar-refractivity contribution in [3.05, 3.63) is 36.0 Å². The first-order valence-corrected chi connectivity index (χ1v) is 9.35. The van der Waals surface area contributed by atoms with Crippen LogP contribution >= 0.6 is 0 Å². The van der Waals surface area contributed by atoms with Crippen LogP contribution in [0.15, 0.2) is 30.5 Å². The minimum absolute atomic E-state index is 0.00684. The van der Waals surface area contributed by atoms with Gasteiger partial charge in [-0.15, -0.1) is 0 Å². The van der Waals surface area contributed by atoms with E-state index in [0.717, 1.165) is 16.5 Å². The Hall–Kier alpha value is -3.03. The average Bonchev–Trinajstić information content (AvgIpc) is 3.06. The second-order valence-corrected chi connectivity index (χ2v) is 7.25. The molecule has 8 nitrogen and oxygen atoms in total. The standard InChI is InChI=1S/C20H28N4O4/c1-12(2)8-14(11-23-20(27)28)18(25)24-17(19(26)21-3)9-13-10-22-16-7-5-4-6-15(13)16/h4-7,10,12,14,17,22-23H,8-9,11H2,1-3H3,(H,21,26)(H,24,25)(H,27,28)/t14?,17-/m0/s1. The van der Waals surface area contributed by atoms with E-state index in [1.54, 1.807) is 0 Å². The van der Waals surface area contributed by atoms with Crippen molar-refractivity contribution >= 4 is 28.8 Å². The third-order valence-electron chi connectivity index (χ3n) is 4.60. The van der Waals surface area contributed by atoms with Crippen LogP contribution in [0.3, 0.4) is 0 Å². The van der Waals surface area contributed by atoms with Gasteiger partial charge < -0.3 is 26.0 Å². The Morgan fingerprint density at radius 1 is 1.14 bits per heavy atom. The van der Waals surface area contributed by atoms with Crippen LogP contribution in [0, 0.1) is 11.8 Å². The zero-order chi connectivity index (χ0) is 20.7. The number of hydrogen-bond acceptors (Lipinski definition) is 3. The van der Waals surface area contributed by atoms with E-state index in [4.69, 9.17) is 5.11 Å². The fourth-order valence-corrected chi connectivity index (χ4v) is 3.26. The number of aromatic amines is 1. The highest BCUT2D eigenvalue weighted by atomic mass is 16.4. The normalized spacial score (nSPS) is 13.1. The van der Waals surface area contributed by atoms with Crippen molar-refractivity contribution in [1.82, 2.24) is 20.9 Å². The molecule has 0 aliphatic heterocycles. The Morgan fingerprint density at radius 3 is 2.50 bits per heavy atom. The monoisotopic (exact) mass is 388 g/mol. The number of likely N-dealkylation sites (N-methyl/N-ethyl adjacent to an activating group) is 1. The van der Waals surface area contributed by atoms with Gasteiger partial charge in [0.25, 0.3) is 0 Å². The van der Waals surface area contributed by atoms with Crippen molar-refractivity contribution in [1.29, 1.82) is 0 Å². The summed E-state index contributed by atoms with van der Waals surface area (Å²) in [5.74, 6) is -0.978. The Labute approximate surface area is 164 Å². The van der Waals surface area contributed by atoms with Crippen molar-refractivity contribution in [2.24, 2.45) is 11.8 Å². The molecule has 0 aliphatic rings. The molecule has 28 heavy (non-hydrogen) atoms. The number of carbonyl (C=O) groups excluding carboxylic acids is 2. The van der Waals surface area contributed by atoms with Gasteiger partial charge in [-0.05, 0) is 24.0 Å². The highest BCUT2D eigenvalue weighted by molar-refractivity contribution is 5.90. The molecule has 5 N–H and O–H groups in total. The van der Waals surface area contributed by atoms with Crippen LogP contribution in [0.5, 0.6) is 0 Å². The molecule has 1 aromatic carbocycles. The largest absolute Gasteiger partial charge is 0.465 e. The van der Waals surface area contributed by atoms with Crippen molar-refractivity contribution in [2.75, 3.05) is 13.6 Å². The summed E-state index contributed by atoms with van der Waals surface area (Å²) < 4.78 is 0. The number of carboxylic acid groups (broad SMARTS) is 1.